The van der Waals surface area contributed by atoms with E-state index in [0.717, 1.165) is 11.1 Å². The van der Waals surface area contributed by atoms with Gasteiger partial charge in [-0.05, 0) is 18.2 Å². The van der Waals surface area contributed by atoms with Gasteiger partial charge in [0.15, 0.2) is 0 Å². The van der Waals surface area contributed by atoms with Gasteiger partial charge in [0.25, 0.3) is 0 Å². The van der Waals surface area contributed by atoms with Gasteiger partial charge in [0.05, 0.1) is 12.8 Å². The largest absolute Gasteiger partial charge is 0.488 e. The summed E-state index contributed by atoms with van der Waals surface area (Å²) in [5.74, 6) is 0.400. The number of halogens is 1. The van der Waals surface area contributed by atoms with Crippen LogP contribution >= 0.6 is 0 Å². The highest BCUT2D eigenvalue weighted by Gasteiger charge is 2.06. The summed E-state index contributed by atoms with van der Waals surface area (Å²) >= 11 is 0. The van der Waals surface area contributed by atoms with Crippen LogP contribution in [0.15, 0.2) is 30.6 Å². The lowest BCUT2D eigenvalue weighted by molar-refractivity contribution is 0.199. The summed E-state index contributed by atoms with van der Waals surface area (Å²) in [5.41, 5.74) is 1.76. The van der Waals surface area contributed by atoms with Crippen LogP contribution < -0.4 is 10.1 Å². The van der Waals surface area contributed by atoms with Gasteiger partial charge in [0.1, 0.15) is 18.2 Å². The number of ether oxygens (including phenoxy) is 2. The minimum absolute atomic E-state index is 0.271. The number of nitrogens with one attached hydrogen (secondary N) is 1. The van der Waals surface area contributed by atoms with Crippen molar-refractivity contribution >= 4 is 0 Å². The summed E-state index contributed by atoms with van der Waals surface area (Å²) in [7, 11) is 3.50. The summed E-state index contributed by atoms with van der Waals surface area (Å²) < 4.78 is 25.8. The molecule has 0 radical (unpaired) electrons. The number of methoxy groups -OCH3 is 1. The van der Waals surface area contributed by atoms with E-state index in [1.54, 1.807) is 24.1 Å². The minimum Gasteiger partial charge on any atom is -0.488 e. The molecular weight excluding hydrogens is 273 g/mol. The zero-order valence-electron chi connectivity index (χ0n) is 12.3. The van der Waals surface area contributed by atoms with Gasteiger partial charge in [0, 0.05) is 44.6 Å². The molecule has 2 rings (SSSR count). The fourth-order valence-corrected chi connectivity index (χ4v) is 1.93. The standard InChI is InChI=1S/C15H20FN3O2/c1-19-10-12(8-18-19)11-21-15-4-3-14(16)7-13(15)9-17-5-6-20-2/h3-4,7-8,10,17H,5-6,9,11H2,1-2H3. The Morgan fingerprint density at radius 3 is 2.95 bits per heavy atom. The van der Waals surface area contributed by atoms with Crippen molar-refractivity contribution in [3.8, 4) is 5.75 Å². The van der Waals surface area contributed by atoms with Crippen LogP contribution in [0.3, 0.4) is 0 Å². The molecule has 0 aliphatic carbocycles. The van der Waals surface area contributed by atoms with Gasteiger partial charge in [-0.1, -0.05) is 0 Å². The van der Waals surface area contributed by atoms with Crippen molar-refractivity contribution in [3.05, 3.63) is 47.5 Å². The first-order chi connectivity index (χ1) is 10.2. The van der Waals surface area contributed by atoms with Crippen molar-refractivity contribution in [1.82, 2.24) is 15.1 Å². The number of hydrogen-bond donors (Lipinski definition) is 1. The molecule has 114 valence electrons. The van der Waals surface area contributed by atoms with Crippen LogP contribution in [-0.4, -0.2) is 30.0 Å². The van der Waals surface area contributed by atoms with Crippen LogP contribution in [0.5, 0.6) is 5.75 Å². The summed E-state index contributed by atoms with van der Waals surface area (Å²) in [6, 6.07) is 4.54. The Hall–Kier alpha value is -1.92. The SMILES string of the molecule is COCCNCc1cc(F)ccc1OCc1cnn(C)c1. The Morgan fingerprint density at radius 2 is 2.24 bits per heavy atom. The van der Waals surface area contributed by atoms with Crippen molar-refractivity contribution in [2.45, 2.75) is 13.2 Å². The molecule has 0 amide bonds. The fraction of sp³-hybridized carbons (Fsp3) is 0.400. The van der Waals surface area contributed by atoms with Crippen LogP contribution in [-0.2, 0) is 24.9 Å². The van der Waals surface area contributed by atoms with Gasteiger partial charge < -0.3 is 14.8 Å². The van der Waals surface area contributed by atoms with Crippen molar-refractivity contribution in [3.63, 3.8) is 0 Å². The quantitative estimate of drug-likeness (QED) is 0.755. The van der Waals surface area contributed by atoms with E-state index in [9.17, 15) is 4.39 Å². The lowest BCUT2D eigenvalue weighted by atomic mass is 10.2. The monoisotopic (exact) mass is 293 g/mol. The summed E-state index contributed by atoms with van der Waals surface area (Å²) in [5, 5.41) is 7.27. The minimum atomic E-state index is -0.271. The molecule has 0 saturated heterocycles. The highest BCUT2D eigenvalue weighted by atomic mass is 19.1. The van der Waals surface area contributed by atoms with Crippen molar-refractivity contribution < 1.29 is 13.9 Å². The average molecular weight is 293 g/mol. The Balaban J connectivity index is 1.97. The van der Waals surface area contributed by atoms with E-state index in [4.69, 9.17) is 9.47 Å². The number of hydrogen-bond acceptors (Lipinski definition) is 4. The van der Waals surface area contributed by atoms with Crippen LogP contribution in [0.25, 0.3) is 0 Å². The Morgan fingerprint density at radius 1 is 1.38 bits per heavy atom. The van der Waals surface area contributed by atoms with Crippen LogP contribution in [0, 0.1) is 5.82 Å². The molecule has 0 atom stereocenters. The summed E-state index contributed by atoms with van der Waals surface area (Å²) in [6.45, 7) is 2.25. The first-order valence-corrected chi connectivity index (χ1v) is 6.77. The summed E-state index contributed by atoms with van der Waals surface area (Å²) in [4.78, 5) is 0. The first kappa shape index (κ1) is 15.5. The molecule has 0 saturated carbocycles. The van der Waals surface area contributed by atoms with E-state index in [1.165, 1.54) is 12.1 Å². The highest BCUT2D eigenvalue weighted by Crippen LogP contribution is 2.20. The van der Waals surface area contributed by atoms with E-state index in [1.807, 2.05) is 13.2 Å². The van der Waals surface area contributed by atoms with Gasteiger partial charge >= 0.3 is 0 Å². The van der Waals surface area contributed by atoms with Crippen LogP contribution in [0.1, 0.15) is 11.1 Å². The van der Waals surface area contributed by atoms with Gasteiger partial charge in [-0.2, -0.15) is 5.10 Å². The lowest BCUT2D eigenvalue weighted by Crippen LogP contribution is -2.19. The van der Waals surface area contributed by atoms with E-state index >= 15 is 0 Å². The molecule has 0 aliphatic heterocycles. The zero-order valence-corrected chi connectivity index (χ0v) is 12.3. The molecule has 0 bridgehead atoms. The highest BCUT2D eigenvalue weighted by molar-refractivity contribution is 5.34. The molecule has 0 spiro atoms. The van der Waals surface area contributed by atoms with Crippen molar-refractivity contribution in [2.24, 2.45) is 7.05 Å². The number of aryl methyl sites for hydroxylation is 1. The molecule has 1 N–H and O–H groups in total. The molecule has 1 aromatic heterocycles. The lowest BCUT2D eigenvalue weighted by Gasteiger charge is -2.12. The maximum Gasteiger partial charge on any atom is 0.124 e. The molecule has 2 aromatic rings. The second kappa shape index (κ2) is 7.75. The van der Waals surface area contributed by atoms with Gasteiger partial charge in [0.2, 0.25) is 0 Å². The van der Waals surface area contributed by atoms with Crippen LogP contribution in [0.2, 0.25) is 0 Å². The fourth-order valence-electron chi connectivity index (χ4n) is 1.93. The van der Waals surface area contributed by atoms with Gasteiger partial charge in [-0.3, -0.25) is 4.68 Å². The van der Waals surface area contributed by atoms with E-state index in [2.05, 4.69) is 10.4 Å². The third kappa shape index (κ3) is 4.84. The predicted molar refractivity (Wildman–Crippen MR) is 77.5 cm³/mol. The topological polar surface area (TPSA) is 48.3 Å². The molecule has 1 aromatic carbocycles. The molecular formula is C15H20FN3O2. The maximum absolute atomic E-state index is 13.4. The number of nitrogens with zero attached hydrogens (tertiary/aromatic N) is 2. The molecule has 1 heterocycles. The second-order valence-electron chi connectivity index (χ2n) is 4.73. The predicted octanol–water partition coefficient (Wildman–Crippen LogP) is 1.87. The Labute approximate surface area is 123 Å². The molecule has 5 nitrogen and oxygen atoms in total. The number of rotatable bonds is 8. The molecule has 0 fully saturated rings. The third-order valence-corrected chi connectivity index (χ3v) is 2.97. The van der Waals surface area contributed by atoms with Crippen molar-refractivity contribution in [1.29, 1.82) is 0 Å². The van der Waals surface area contributed by atoms with Crippen molar-refractivity contribution in [2.75, 3.05) is 20.3 Å². The number of benzene rings is 1. The summed E-state index contributed by atoms with van der Waals surface area (Å²) in [6.07, 6.45) is 3.64. The smallest absolute Gasteiger partial charge is 0.124 e. The second-order valence-corrected chi connectivity index (χ2v) is 4.73. The number of aromatic nitrogens is 2. The van der Waals surface area contributed by atoms with Crippen LogP contribution in [0.4, 0.5) is 4.39 Å². The first-order valence-electron chi connectivity index (χ1n) is 6.77. The average Bonchev–Trinajstić information content (AvgIpc) is 2.88. The normalized spacial score (nSPS) is 10.8. The van der Waals surface area contributed by atoms with E-state index in [0.29, 0.717) is 32.1 Å². The third-order valence-electron chi connectivity index (χ3n) is 2.97. The van der Waals surface area contributed by atoms with Gasteiger partial charge in [-0.25, -0.2) is 4.39 Å². The molecule has 0 unspecified atom stereocenters. The Kier molecular flexibility index (Phi) is 5.71. The zero-order chi connectivity index (χ0) is 15.1. The Bertz CT molecular complexity index is 572. The molecule has 0 aliphatic rings. The van der Waals surface area contributed by atoms with Gasteiger partial charge in [-0.15, -0.1) is 0 Å². The van der Waals surface area contributed by atoms with E-state index in [-0.39, 0.29) is 5.82 Å². The maximum atomic E-state index is 13.4. The molecule has 21 heavy (non-hydrogen) atoms. The van der Waals surface area contributed by atoms with E-state index < -0.39 is 0 Å². The molecule has 6 heteroatoms.